The molecule has 1 aliphatic carbocycles. The number of amides is 1. The molecule has 1 fully saturated rings. The summed E-state index contributed by atoms with van der Waals surface area (Å²) in [6.45, 7) is 0.719. The van der Waals surface area contributed by atoms with Crippen LogP contribution in [-0.4, -0.2) is 40.0 Å². The summed E-state index contributed by atoms with van der Waals surface area (Å²) in [5.74, 6) is -0.514. The van der Waals surface area contributed by atoms with E-state index in [2.05, 4.69) is 10.3 Å². The standard InChI is InChI=1S/C16H18N4O4S2/c1-19-7-2-3-11(15(19)22)14(21)18-16-17-12-6-8-20(9-13(12)25-16)26(23,24)10-4-5-10/h2-3,7,10H,4-6,8-9H2,1H3,(H,17,18,21). The third-order valence-electron chi connectivity index (χ3n) is 4.59. The molecule has 1 aliphatic heterocycles. The van der Waals surface area contributed by atoms with Crippen molar-refractivity contribution in [3.63, 3.8) is 0 Å². The zero-order valence-electron chi connectivity index (χ0n) is 14.1. The van der Waals surface area contributed by atoms with Gasteiger partial charge in [0, 0.05) is 37.6 Å². The summed E-state index contributed by atoms with van der Waals surface area (Å²) in [6.07, 6.45) is 3.58. The van der Waals surface area contributed by atoms with Gasteiger partial charge in [0.1, 0.15) is 5.56 Å². The lowest BCUT2D eigenvalue weighted by Crippen LogP contribution is -2.37. The van der Waals surface area contributed by atoms with Crippen LogP contribution in [0.15, 0.2) is 23.1 Å². The van der Waals surface area contributed by atoms with E-state index in [1.807, 2.05) is 0 Å². The number of thiazole rings is 1. The molecule has 0 aromatic carbocycles. The van der Waals surface area contributed by atoms with Crippen molar-refractivity contribution in [2.75, 3.05) is 11.9 Å². The lowest BCUT2D eigenvalue weighted by atomic mass is 10.2. The second kappa shape index (κ2) is 6.29. The van der Waals surface area contributed by atoms with Gasteiger partial charge in [-0.25, -0.2) is 13.4 Å². The molecular formula is C16H18N4O4S2. The van der Waals surface area contributed by atoms with Gasteiger partial charge in [-0.3, -0.25) is 14.9 Å². The van der Waals surface area contributed by atoms with Crippen LogP contribution in [0, 0.1) is 0 Å². The van der Waals surface area contributed by atoms with E-state index in [0.29, 0.717) is 24.6 Å². The molecule has 1 amide bonds. The normalized spacial score (nSPS) is 17.7. The van der Waals surface area contributed by atoms with Crippen LogP contribution in [-0.2, 0) is 30.0 Å². The molecule has 138 valence electrons. The van der Waals surface area contributed by atoms with Gasteiger partial charge in [-0.05, 0) is 25.0 Å². The van der Waals surface area contributed by atoms with Crippen LogP contribution < -0.4 is 10.9 Å². The Kier molecular flexibility index (Phi) is 4.20. The zero-order chi connectivity index (χ0) is 18.5. The van der Waals surface area contributed by atoms with Crippen molar-refractivity contribution < 1.29 is 13.2 Å². The van der Waals surface area contributed by atoms with Crippen molar-refractivity contribution in [2.24, 2.45) is 7.05 Å². The molecule has 0 spiro atoms. The molecule has 1 saturated carbocycles. The predicted octanol–water partition coefficient (Wildman–Crippen LogP) is 0.944. The Hall–Kier alpha value is -2.04. The molecular weight excluding hydrogens is 376 g/mol. The molecule has 8 nitrogen and oxygen atoms in total. The summed E-state index contributed by atoms with van der Waals surface area (Å²) in [5.41, 5.74) is 0.475. The van der Waals surface area contributed by atoms with Crippen molar-refractivity contribution >= 4 is 32.4 Å². The smallest absolute Gasteiger partial charge is 0.263 e. The number of aromatic nitrogens is 2. The summed E-state index contributed by atoms with van der Waals surface area (Å²) in [5, 5.41) is 2.81. The minimum atomic E-state index is -3.22. The van der Waals surface area contributed by atoms with E-state index in [9.17, 15) is 18.0 Å². The van der Waals surface area contributed by atoms with Crippen LogP contribution in [0.5, 0.6) is 0 Å². The number of hydrogen-bond acceptors (Lipinski definition) is 6. The first kappa shape index (κ1) is 17.4. The highest BCUT2D eigenvalue weighted by molar-refractivity contribution is 7.90. The van der Waals surface area contributed by atoms with Gasteiger partial charge in [0.25, 0.3) is 11.5 Å². The lowest BCUT2D eigenvalue weighted by Gasteiger charge is -2.25. The van der Waals surface area contributed by atoms with Gasteiger partial charge >= 0.3 is 0 Å². The highest BCUT2D eigenvalue weighted by Gasteiger charge is 2.41. The maximum Gasteiger partial charge on any atom is 0.263 e. The summed E-state index contributed by atoms with van der Waals surface area (Å²) in [4.78, 5) is 29.6. The number of anilines is 1. The van der Waals surface area contributed by atoms with E-state index in [1.54, 1.807) is 19.3 Å². The zero-order valence-corrected chi connectivity index (χ0v) is 15.8. The van der Waals surface area contributed by atoms with Crippen LogP contribution in [0.2, 0.25) is 0 Å². The summed E-state index contributed by atoms with van der Waals surface area (Å²) in [6, 6.07) is 3.10. The van der Waals surface area contributed by atoms with Crippen LogP contribution in [0.4, 0.5) is 5.13 Å². The van der Waals surface area contributed by atoms with Gasteiger partial charge in [0.15, 0.2) is 5.13 Å². The van der Waals surface area contributed by atoms with Gasteiger partial charge in [-0.2, -0.15) is 4.31 Å². The van der Waals surface area contributed by atoms with Gasteiger partial charge < -0.3 is 4.57 Å². The van der Waals surface area contributed by atoms with Gasteiger partial charge in [0.05, 0.1) is 10.9 Å². The van der Waals surface area contributed by atoms with Crippen LogP contribution >= 0.6 is 11.3 Å². The van der Waals surface area contributed by atoms with Crippen molar-refractivity contribution in [2.45, 2.75) is 31.1 Å². The Morgan fingerprint density at radius 3 is 2.88 bits per heavy atom. The predicted molar refractivity (Wildman–Crippen MR) is 97.8 cm³/mol. The second-order valence-corrected chi connectivity index (χ2v) is 9.81. The van der Waals surface area contributed by atoms with E-state index in [4.69, 9.17) is 0 Å². The first-order chi connectivity index (χ1) is 12.4. The van der Waals surface area contributed by atoms with Crippen molar-refractivity contribution in [3.05, 3.63) is 44.8 Å². The first-order valence-electron chi connectivity index (χ1n) is 8.31. The Bertz CT molecular complexity index is 1040. The minimum Gasteiger partial charge on any atom is -0.318 e. The lowest BCUT2D eigenvalue weighted by molar-refractivity contribution is 0.102. The molecule has 0 atom stereocenters. The molecule has 0 saturated heterocycles. The number of nitrogens with one attached hydrogen (secondary N) is 1. The fraction of sp³-hybridized carbons (Fsp3) is 0.438. The average Bonchev–Trinajstić information content (AvgIpc) is 3.38. The number of carbonyl (C=O) groups is 1. The SMILES string of the molecule is Cn1cccc(C(=O)Nc2nc3c(s2)CN(S(=O)(=O)C2CC2)CC3)c1=O. The maximum atomic E-state index is 12.4. The molecule has 2 aliphatic rings. The van der Waals surface area contributed by atoms with Gasteiger partial charge in [-0.1, -0.05) is 0 Å². The number of nitrogens with zero attached hydrogens (tertiary/aromatic N) is 3. The monoisotopic (exact) mass is 394 g/mol. The molecule has 2 aromatic rings. The minimum absolute atomic E-state index is 0.0427. The van der Waals surface area contributed by atoms with E-state index in [1.165, 1.54) is 26.3 Å². The fourth-order valence-electron chi connectivity index (χ4n) is 2.95. The summed E-state index contributed by atoms with van der Waals surface area (Å²) >= 11 is 1.26. The van der Waals surface area contributed by atoms with Crippen molar-refractivity contribution in [3.8, 4) is 0 Å². The molecule has 4 rings (SSSR count). The van der Waals surface area contributed by atoms with E-state index in [-0.39, 0.29) is 16.4 Å². The first-order valence-corrected chi connectivity index (χ1v) is 10.6. The van der Waals surface area contributed by atoms with Crippen molar-refractivity contribution in [1.82, 2.24) is 13.9 Å². The second-order valence-electron chi connectivity index (χ2n) is 6.51. The van der Waals surface area contributed by atoms with E-state index in [0.717, 1.165) is 23.4 Å². The summed E-state index contributed by atoms with van der Waals surface area (Å²) < 4.78 is 27.7. The molecule has 0 radical (unpaired) electrons. The van der Waals surface area contributed by atoms with Crippen LogP contribution in [0.1, 0.15) is 33.8 Å². The molecule has 10 heteroatoms. The third kappa shape index (κ3) is 3.08. The third-order valence-corrected chi connectivity index (χ3v) is 7.93. The number of pyridine rings is 1. The molecule has 2 aromatic heterocycles. The average molecular weight is 394 g/mol. The quantitative estimate of drug-likeness (QED) is 0.832. The van der Waals surface area contributed by atoms with Crippen molar-refractivity contribution in [1.29, 1.82) is 0 Å². The number of hydrogen-bond donors (Lipinski definition) is 1. The number of carbonyl (C=O) groups excluding carboxylic acids is 1. The highest BCUT2D eigenvalue weighted by atomic mass is 32.2. The Balaban J connectivity index is 1.52. The number of fused-ring (bicyclic) bond motifs is 1. The van der Waals surface area contributed by atoms with E-state index < -0.39 is 15.9 Å². The number of rotatable bonds is 4. The Labute approximate surface area is 154 Å². The van der Waals surface area contributed by atoms with Gasteiger partial charge in [0.2, 0.25) is 10.0 Å². The highest BCUT2D eigenvalue weighted by Crippen LogP contribution is 2.35. The molecule has 1 N–H and O–H groups in total. The molecule has 0 bridgehead atoms. The molecule has 3 heterocycles. The van der Waals surface area contributed by atoms with E-state index >= 15 is 0 Å². The van der Waals surface area contributed by atoms with Crippen LogP contribution in [0.3, 0.4) is 0 Å². The Morgan fingerprint density at radius 2 is 2.15 bits per heavy atom. The summed E-state index contributed by atoms with van der Waals surface area (Å²) in [7, 11) is -1.64. The largest absolute Gasteiger partial charge is 0.318 e. The fourth-order valence-corrected chi connectivity index (χ4v) is 5.86. The molecule has 26 heavy (non-hydrogen) atoms. The number of aryl methyl sites for hydroxylation is 1. The van der Waals surface area contributed by atoms with Crippen LogP contribution in [0.25, 0.3) is 0 Å². The Morgan fingerprint density at radius 1 is 1.38 bits per heavy atom. The maximum absolute atomic E-state index is 12.4. The number of sulfonamides is 1. The molecule has 0 unspecified atom stereocenters. The van der Waals surface area contributed by atoms with Gasteiger partial charge in [-0.15, -0.1) is 11.3 Å². The topological polar surface area (TPSA) is 101 Å².